The summed E-state index contributed by atoms with van der Waals surface area (Å²) in [6.45, 7) is 0.394. The first-order chi connectivity index (χ1) is 9.19. The Balaban J connectivity index is 1.98. The minimum atomic E-state index is 0.394. The number of rotatable bonds is 3. The van der Waals surface area contributed by atoms with Crippen LogP contribution in [0.1, 0.15) is 9.75 Å². The van der Waals surface area contributed by atoms with Crippen LogP contribution in [0.2, 0.25) is 10.0 Å². The molecule has 1 nitrogen and oxygen atoms in total. The maximum atomic E-state index is 5.98. The molecule has 5 heteroatoms. The Kier molecular flexibility index (Phi) is 5.62. The Bertz CT molecular complexity index is 626. The van der Waals surface area contributed by atoms with Gasteiger partial charge in [0.1, 0.15) is 0 Å². The summed E-state index contributed by atoms with van der Waals surface area (Å²) in [6, 6.07) is 9.80. The van der Waals surface area contributed by atoms with Gasteiger partial charge in [0.25, 0.3) is 0 Å². The fourth-order valence-corrected chi connectivity index (χ4v) is 3.61. The van der Waals surface area contributed by atoms with Crippen LogP contribution in [0.5, 0.6) is 0 Å². The molecule has 0 aliphatic rings. The van der Waals surface area contributed by atoms with Crippen molar-refractivity contribution in [3.05, 3.63) is 50.1 Å². The van der Waals surface area contributed by atoms with Gasteiger partial charge in [-0.25, -0.2) is 0 Å². The second-order valence-electron chi connectivity index (χ2n) is 3.64. The Hall–Kier alpha value is -0.630. The third kappa shape index (κ3) is 4.45. The summed E-state index contributed by atoms with van der Waals surface area (Å²) < 4.78 is 0. The lowest BCUT2D eigenvalue weighted by Crippen LogP contribution is -1.92. The van der Waals surface area contributed by atoms with Gasteiger partial charge in [0.15, 0.2) is 0 Å². The highest BCUT2D eigenvalue weighted by atomic mass is 35.5. The van der Waals surface area contributed by atoms with Crippen molar-refractivity contribution in [3.8, 4) is 11.8 Å². The van der Waals surface area contributed by atoms with E-state index in [1.54, 1.807) is 23.1 Å². The molecule has 2 N–H and O–H groups in total. The van der Waals surface area contributed by atoms with E-state index in [1.165, 1.54) is 4.88 Å². The van der Waals surface area contributed by atoms with E-state index >= 15 is 0 Å². The average molecular weight is 328 g/mol. The lowest BCUT2D eigenvalue weighted by Gasteiger charge is -2.01. The van der Waals surface area contributed by atoms with E-state index in [9.17, 15) is 0 Å². The molecule has 0 saturated heterocycles. The fourth-order valence-electron chi connectivity index (χ4n) is 1.38. The molecule has 19 heavy (non-hydrogen) atoms. The van der Waals surface area contributed by atoms with Gasteiger partial charge in [-0.3, -0.25) is 0 Å². The number of nitrogens with two attached hydrogens (primary N) is 1. The molecule has 0 fully saturated rings. The van der Waals surface area contributed by atoms with Crippen LogP contribution in [-0.2, 0) is 5.75 Å². The molecule has 2 rings (SSSR count). The number of thiophene rings is 1. The molecule has 1 aromatic heterocycles. The molecule has 0 aliphatic heterocycles. The van der Waals surface area contributed by atoms with E-state index in [4.69, 9.17) is 28.9 Å². The second kappa shape index (κ2) is 7.23. The topological polar surface area (TPSA) is 26.0 Å². The molecule has 0 bridgehead atoms. The first-order valence-electron chi connectivity index (χ1n) is 5.54. The van der Waals surface area contributed by atoms with Crippen molar-refractivity contribution < 1.29 is 0 Å². The van der Waals surface area contributed by atoms with E-state index in [0.29, 0.717) is 16.6 Å². The average Bonchev–Trinajstić information content (AvgIpc) is 2.86. The highest BCUT2D eigenvalue weighted by Gasteiger charge is 2.02. The van der Waals surface area contributed by atoms with Gasteiger partial charge in [0.2, 0.25) is 0 Å². The van der Waals surface area contributed by atoms with Crippen molar-refractivity contribution in [2.45, 2.75) is 10.6 Å². The van der Waals surface area contributed by atoms with Gasteiger partial charge in [-0.05, 0) is 30.3 Å². The zero-order valence-electron chi connectivity index (χ0n) is 9.95. The molecule has 0 aliphatic carbocycles. The van der Waals surface area contributed by atoms with Crippen molar-refractivity contribution >= 4 is 46.3 Å². The summed E-state index contributed by atoms with van der Waals surface area (Å²) in [5.41, 5.74) is 5.35. The van der Waals surface area contributed by atoms with E-state index in [-0.39, 0.29) is 0 Å². The standard InChI is InChI=1S/C14H11Cl2NS2/c15-13-6-5-11(8-14(13)16)18-9-12-4-3-10(19-12)2-1-7-17/h3-6,8H,7,9,17H2. The predicted octanol–water partition coefficient (Wildman–Crippen LogP) is 4.66. The minimum absolute atomic E-state index is 0.394. The van der Waals surface area contributed by atoms with Crippen LogP contribution in [0.15, 0.2) is 35.2 Å². The Morgan fingerprint density at radius 3 is 2.74 bits per heavy atom. The summed E-state index contributed by atoms with van der Waals surface area (Å²) in [4.78, 5) is 3.44. The van der Waals surface area contributed by atoms with Crippen LogP contribution in [0.4, 0.5) is 0 Å². The number of halogens is 2. The number of thioether (sulfide) groups is 1. The Labute approximate surface area is 131 Å². The smallest absolute Gasteiger partial charge is 0.0772 e. The molecule has 0 atom stereocenters. The predicted molar refractivity (Wildman–Crippen MR) is 86.3 cm³/mol. The van der Waals surface area contributed by atoms with Gasteiger partial charge >= 0.3 is 0 Å². The maximum absolute atomic E-state index is 5.98. The van der Waals surface area contributed by atoms with Gasteiger partial charge in [-0.15, -0.1) is 23.1 Å². The normalized spacial score (nSPS) is 10.1. The van der Waals surface area contributed by atoms with E-state index in [0.717, 1.165) is 15.5 Å². The fraction of sp³-hybridized carbons (Fsp3) is 0.143. The van der Waals surface area contributed by atoms with Crippen LogP contribution in [0.25, 0.3) is 0 Å². The third-order valence-corrected chi connectivity index (χ3v) is 5.21. The van der Waals surface area contributed by atoms with Gasteiger partial charge in [-0.1, -0.05) is 35.0 Å². The molecule has 0 amide bonds. The quantitative estimate of drug-likeness (QED) is 0.655. The number of benzene rings is 1. The Morgan fingerprint density at radius 1 is 1.16 bits per heavy atom. The van der Waals surface area contributed by atoms with Crippen LogP contribution in [0, 0.1) is 11.8 Å². The SMILES string of the molecule is NCC#Cc1ccc(CSc2ccc(Cl)c(Cl)c2)s1. The first-order valence-corrected chi connectivity index (χ1v) is 8.10. The van der Waals surface area contributed by atoms with E-state index < -0.39 is 0 Å². The molecule has 1 aromatic carbocycles. The summed E-state index contributed by atoms with van der Waals surface area (Å²) in [5, 5.41) is 1.17. The summed E-state index contributed by atoms with van der Waals surface area (Å²) in [6.07, 6.45) is 0. The zero-order valence-corrected chi connectivity index (χ0v) is 13.1. The Morgan fingerprint density at radius 2 is 2.00 bits per heavy atom. The van der Waals surface area contributed by atoms with Gasteiger partial charge in [-0.2, -0.15) is 0 Å². The number of hydrogen-bond acceptors (Lipinski definition) is 3. The molecule has 98 valence electrons. The summed E-state index contributed by atoms with van der Waals surface area (Å²) in [5.74, 6) is 6.79. The molecule has 2 aromatic rings. The lowest BCUT2D eigenvalue weighted by molar-refractivity contribution is 1.30. The minimum Gasteiger partial charge on any atom is -0.320 e. The van der Waals surface area contributed by atoms with Gasteiger partial charge < -0.3 is 5.73 Å². The monoisotopic (exact) mass is 327 g/mol. The van der Waals surface area contributed by atoms with Crippen molar-refractivity contribution in [2.24, 2.45) is 5.73 Å². The van der Waals surface area contributed by atoms with Crippen molar-refractivity contribution in [2.75, 3.05) is 6.54 Å². The molecule has 0 saturated carbocycles. The summed E-state index contributed by atoms with van der Waals surface area (Å²) in [7, 11) is 0. The highest BCUT2D eigenvalue weighted by Crippen LogP contribution is 2.31. The molecule has 0 spiro atoms. The first kappa shape index (κ1) is 14.8. The van der Waals surface area contributed by atoms with Crippen LogP contribution in [0.3, 0.4) is 0 Å². The summed E-state index contributed by atoms with van der Waals surface area (Å²) >= 11 is 15.3. The number of hydrogen-bond donors (Lipinski definition) is 1. The second-order valence-corrected chi connectivity index (χ2v) is 6.67. The molecule has 0 unspecified atom stereocenters. The molecular formula is C14H11Cl2NS2. The van der Waals surface area contributed by atoms with E-state index in [2.05, 4.69) is 17.9 Å². The van der Waals surface area contributed by atoms with Gasteiger partial charge in [0, 0.05) is 15.5 Å². The van der Waals surface area contributed by atoms with Crippen LogP contribution in [-0.4, -0.2) is 6.54 Å². The van der Waals surface area contributed by atoms with Gasteiger partial charge in [0.05, 0.1) is 21.5 Å². The van der Waals surface area contributed by atoms with Crippen molar-refractivity contribution in [1.82, 2.24) is 0 Å². The third-order valence-electron chi connectivity index (χ3n) is 2.25. The van der Waals surface area contributed by atoms with Crippen LogP contribution >= 0.6 is 46.3 Å². The van der Waals surface area contributed by atoms with Crippen LogP contribution < -0.4 is 5.73 Å². The lowest BCUT2D eigenvalue weighted by atomic mass is 10.4. The molecule has 0 radical (unpaired) electrons. The largest absolute Gasteiger partial charge is 0.320 e. The van der Waals surface area contributed by atoms with Crippen molar-refractivity contribution in [3.63, 3.8) is 0 Å². The molecular weight excluding hydrogens is 317 g/mol. The highest BCUT2D eigenvalue weighted by molar-refractivity contribution is 7.98. The van der Waals surface area contributed by atoms with Crippen molar-refractivity contribution in [1.29, 1.82) is 0 Å². The zero-order chi connectivity index (χ0) is 13.7. The molecule has 1 heterocycles. The maximum Gasteiger partial charge on any atom is 0.0772 e. The van der Waals surface area contributed by atoms with E-state index in [1.807, 2.05) is 24.3 Å².